The van der Waals surface area contributed by atoms with Crippen molar-refractivity contribution in [1.29, 1.82) is 0 Å². The van der Waals surface area contributed by atoms with Gasteiger partial charge in [-0.05, 0) is 24.3 Å². The topological polar surface area (TPSA) is 75.9 Å². The second-order valence-electron chi connectivity index (χ2n) is 4.68. The molecule has 114 valence electrons. The number of aromatic nitrogens is 3. The molecule has 0 spiro atoms. The van der Waals surface area contributed by atoms with E-state index in [9.17, 15) is 0 Å². The molecule has 0 saturated carbocycles. The minimum absolute atomic E-state index is 0.610. The van der Waals surface area contributed by atoms with E-state index in [4.69, 9.17) is 9.62 Å². The number of rotatable bonds is 3. The minimum Gasteiger partial charge on any atom is -0.462 e. The maximum Gasteiger partial charge on any atom is 0.213 e. The van der Waals surface area contributed by atoms with Crippen LogP contribution in [0.2, 0.25) is 0 Å². The Hall–Kier alpha value is -2.45. The van der Waals surface area contributed by atoms with Crippen molar-refractivity contribution in [2.24, 2.45) is 5.16 Å². The second kappa shape index (κ2) is 5.64. The Balaban J connectivity index is 1.90. The van der Waals surface area contributed by atoms with Crippen molar-refractivity contribution in [2.45, 2.75) is 0 Å². The monoisotopic (exact) mass is 388 g/mol. The lowest BCUT2D eigenvalue weighted by Gasteiger charge is -1.99. The predicted molar refractivity (Wildman–Crippen MR) is 91.1 cm³/mol. The maximum atomic E-state index is 8.98. The molecule has 3 aromatic heterocycles. The summed E-state index contributed by atoms with van der Waals surface area (Å²) in [6.07, 6.45) is 2.94. The average Bonchev–Trinajstić information content (AvgIpc) is 3.25. The Kier molecular flexibility index (Phi) is 3.47. The second-order valence-corrected chi connectivity index (χ2v) is 6.55. The molecule has 6 nitrogen and oxygen atoms in total. The normalized spacial score (nSPS) is 11.7. The molecule has 0 fully saturated rings. The van der Waals surface area contributed by atoms with Crippen LogP contribution in [0.3, 0.4) is 0 Å². The van der Waals surface area contributed by atoms with E-state index >= 15 is 0 Å². The van der Waals surface area contributed by atoms with Gasteiger partial charge in [-0.2, -0.15) is 5.10 Å². The number of hydrogen-bond acceptors (Lipinski definition) is 6. The standard InChI is InChI=1S/C15H9BrN4O2S/c16-10-5-3-9(4-6-10)13-11(8-17-21)20-15(18-13)23-14(19-20)12-2-1-7-22-12/h1-8,21H/b17-8+. The first kappa shape index (κ1) is 14.2. The lowest BCUT2D eigenvalue weighted by molar-refractivity contribution is 0.321. The molecule has 0 amide bonds. The molecule has 4 rings (SSSR count). The van der Waals surface area contributed by atoms with Crippen LogP contribution in [0.5, 0.6) is 0 Å². The van der Waals surface area contributed by atoms with Crippen LogP contribution in [0, 0.1) is 0 Å². The van der Waals surface area contributed by atoms with Gasteiger partial charge in [0.1, 0.15) is 11.4 Å². The lowest BCUT2D eigenvalue weighted by atomic mass is 10.1. The predicted octanol–water partition coefficient (Wildman–Crippen LogP) is 4.29. The summed E-state index contributed by atoms with van der Waals surface area (Å²) in [5.41, 5.74) is 2.24. The number of furan rings is 1. The van der Waals surface area contributed by atoms with Gasteiger partial charge in [0.05, 0.1) is 12.5 Å². The van der Waals surface area contributed by atoms with E-state index in [1.54, 1.807) is 10.8 Å². The zero-order valence-corrected chi connectivity index (χ0v) is 14.0. The Morgan fingerprint density at radius 1 is 1.26 bits per heavy atom. The molecule has 0 bridgehead atoms. The summed E-state index contributed by atoms with van der Waals surface area (Å²) in [5.74, 6) is 0.678. The number of benzene rings is 1. The highest BCUT2D eigenvalue weighted by molar-refractivity contribution is 9.10. The number of imidazole rings is 1. The summed E-state index contributed by atoms with van der Waals surface area (Å²) in [7, 11) is 0. The Morgan fingerprint density at radius 2 is 2.09 bits per heavy atom. The van der Waals surface area contributed by atoms with Gasteiger partial charge >= 0.3 is 0 Å². The van der Waals surface area contributed by atoms with Crippen LogP contribution >= 0.6 is 27.3 Å². The summed E-state index contributed by atoms with van der Waals surface area (Å²) in [6.45, 7) is 0. The van der Waals surface area contributed by atoms with E-state index in [1.807, 2.05) is 36.4 Å². The Morgan fingerprint density at radius 3 is 2.78 bits per heavy atom. The highest BCUT2D eigenvalue weighted by Gasteiger charge is 2.18. The van der Waals surface area contributed by atoms with Crippen LogP contribution in [0.4, 0.5) is 0 Å². The number of oxime groups is 1. The molecular formula is C15H9BrN4O2S. The van der Waals surface area contributed by atoms with Crippen LogP contribution in [0.1, 0.15) is 5.69 Å². The highest BCUT2D eigenvalue weighted by Crippen LogP contribution is 2.31. The van der Waals surface area contributed by atoms with Gasteiger partial charge in [-0.3, -0.25) is 0 Å². The molecule has 0 radical (unpaired) electrons. The fourth-order valence-electron chi connectivity index (χ4n) is 2.25. The van der Waals surface area contributed by atoms with Gasteiger partial charge in [-0.15, -0.1) is 0 Å². The van der Waals surface area contributed by atoms with Gasteiger partial charge in [0.25, 0.3) is 0 Å². The molecule has 0 saturated heterocycles. The van der Waals surface area contributed by atoms with Crippen molar-refractivity contribution >= 4 is 38.4 Å². The van der Waals surface area contributed by atoms with Crippen molar-refractivity contribution in [3.05, 3.63) is 52.8 Å². The van der Waals surface area contributed by atoms with Crippen molar-refractivity contribution < 1.29 is 9.62 Å². The summed E-state index contributed by atoms with van der Waals surface area (Å²) in [4.78, 5) is 5.32. The highest BCUT2D eigenvalue weighted by atomic mass is 79.9. The minimum atomic E-state index is 0.610. The fraction of sp³-hybridized carbons (Fsp3) is 0. The molecule has 1 N–H and O–H groups in total. The third kappa shape index (κ3) is 2.45. The molecule has 8 heteroatoms. The summed E-state index contributed by atoms with van der Waals surface area (Å²) < 4.78 is 8.00. The molecular weight excluding hydrogens is 380 g/mol. The zero-order chi connectivity index (χ0) is 15.8. The third-order valence-corrected chi connectivity index (χ3v) is 4.72. The van der Waals surface area contributed by atoms with Gasteiger partial charge in [0.2, 0.25) is 4.96 Å². The van der Waals surface area contributed by atoms with Crippen LogP contribution < -0.4 is 0 Å². The smallest absolute Gasteiger partial charge is 0.213 e. The van der Waals surface area contributed by atoms with Gasteiger partial charge < -0.3 is 9.62 Å². The molecule has 0 aliphatic rings. The molecule has 4 aromatic rings. The molecule has 0 aliphatic heterocycles. The summed E-state index contributed by atoms with van der Waals surface area (Å²) >= 11 is 4.82. The Bertz CT molecular complexity index is 987. The average molecular weight is 389 g/mol. The summed E-state index contributed by atoms with van der Waals surface area (Å²) in [5, 5.41) is 17.4. The SMILES string of the molecule is O/N=C/c1c(-c2ccc(Br)cc2)nc2sc(-c3ccco3)nn12. The van der Waals surface area contributed by atoms with Crippen LogP contribution in [0.25, 0.3) is 27.0 Å². The first-order chi connectivity index (χ1) is 11.3. The van der Waals surface area contributed by atoms with E-state index in [2.05, 4.69) is 31.2 Å². The van der Waals surface area contributed by atoms with E-state index in [-0.39, 0.29) is 0 Å². The van der Waals surface area contributed by atoms with Crippen molar-refractivity contribution in [3.8, 4) is 22.0 Å². The Labute approximate surface area is 142 Å². The first-order valence-electron chi connectivity index (χ1n) is 6.63. The maximum absolute atomic E-state index is 8.98. The third-order valence-electron chi connectivity index (χ3n) is 3.27. The van der Waals surface area contributed by atoms with Crippen LogP contribution in [-0.2, 0) is 0 Å². The zero-order valence-electron chi connectivity index (χ0n) is 11.5. The van der Waals surface area contributed by atoms with Crippen molar-refractivity contribution in [2.75, 3.05) is 0 Å². The molecule has 1 aromatic carbocycles. The van der Waals surface area contributed by atoms with Gasteiger partial charge in [0.15, 0.2) is 10.8 Å². The van der Waals surface area contributed by atoms with E-state index in [0.29, 0.717) is 27.1 Å². The van der Waals surface area contributed by atoms with Gasteiger partial charge in [-0.1, -0.05) is 44.6 Å². The van der Waals surface area contributed by atoms with Gasteiger partial charge in [-0.25, -0.2) is 9.50 Å². The van der Waals surface area contributed by atoms with E-state index in [0.717, 1.165) is 10.0 Å². The summed E-state index contributed by atoms with van der Waals surface area (Å²) in [6, 6.07) is 11.4. The number of fused-ring (bicyclic) bond motifs is 1. The van der Waals surface area contributed by atoms with E-state index in [1.165, 1.54) is 17.6 Å². The molecule has 0 aliphatic carbocycles. The number of nitrogens with zero attached hydrogens (tertiary/aromatic N) is 4. The fourth-order valence-corrected chi connectivity index (χ4v) is 3.39. The molecule has 0 unspecified atom stereocenters. The van der Waals surface area contributed by atoms with Crippen LogP contribution in [-0.4, -0.2) is 26.0 Å². The van der Waals surface area contributed by atoms with Crippen molar-refractivity contribution in [1.82, 2.24) is 14.6 Å². The largest absolute Gasteiger partial charge is 0.462 e. The van der Waals surface area contributed by atoms with Crippen molar-refractivity contribution in [3.63, 3.8) is 0 Å². The lowest BCUT2D eigenvalue weighted by Crippen LogP contribution is -1.95. The molecule has 3 heterocycles. The quantitative estimate of drug-likeness (QED) is 0.322. The van der Waals surface area contributed by atoms with Gasteiger partial charge in [0, 0.05) is 10.0 Å². The molecule has 23 heavy (non-hydrogen) atoms. The van der Waals surface area contributed by atoms with E-state index < -0.39 is 0 Å². The number of hydrogen-bond donors (Lipinski definition) is 1. The first-order valence-corrected chi connectivity index (χ1v) is 8.24. The number of halogens is 1. The van der Waals surface area contributed by atoms with Crippen LogP contribution in [0.15, 0.2) is 56.7 Å². The molecule has 0 atom stereocenters.